The lowest BCUT2D eigenvalue weighted by Crippen LogP contribution is -2.17. The van der Waals surface area contributed by atoms with Crippen LogP contribution in [0.25, 0.3) is 0 Å². The van der Waals surface area contributed by atoms with E-state index in [1.165, 1.54) is 5.57 Å². The van der Waals surface area contributed by atoms with E-state index in [2.05, 4.69) is 18.0 Å². The highest BCUT2D eigenvalue weighted by Crippen LogP contribution is 2.04. The first kappa shape index (κ1) is 6.33. The molecular weight excluding hydrogens is 112 g/mol. The van der Waals surface area contributed by atoms with Crippen molar-refractivity contribution < 1.29 is 0 Å². The van der Waals surface area contributed by atoms with Gasteiger partial charge in [0, 0.05) is 14.1 Å². The highest BCUT2D eigenvalue weighted by Gasteiger charge is 2.03. The molecule has 0 saturated carbocycles. The fraction of sp³-hybridized carbons (Fsp3) is 0.571. The number of likely N-dealkylation sites (N-methyl/N-ethyl adjacent to an activating group) is 1. The van der Waals surface area contributed by atoms with Crippen molar-refractivity contribution in [1.82, 2.24) is 4.90 Å². The molecule has 1 rings (SSSR count). The van der Waals surface area contributed by atoms with Crippen molar-refractivity contribution in [2.75, 3.05) is 20.6 Å². The van der Waals surface area contributed by atoms with Crippen LogP contribution in [0.15, 0.2) is 16.6 Å². The zero-order chi connectivity index (χ0) is 6.85. The van der Waals surface area contributed by atoms with Crippen LogP contribution in [0.5, 0.6) is 0 Å². The largest absolute Gasteiger partial charge is 0.363 e. The van der Waals surface area contributed by atoms with Crippen molar-refractivity contribution in [3.8, 4) is 0 Å². The number of nitrogens with zero attached hydrogens (tertiary/aromatic N) is 2. The van der Waals surface area contributed by atoms with Crippen LogP contribution in [0.4, 0.5) is 0 Å². The molecule has 2 nitrogen and oxygen atoms in total. The molecule has 0 saturated heterocycles. The third-order valence-corrected chi connectivity index (χ3v) is 1.32. The van der Waals surface area contributed by atoms with E-state index < -0.39 is 0 Å². The summed E-state index contributed by atoms with van der Waals surface area (Å²) in [5.41, 5.74) is 1.35. The van der Waals surface area contributed by atoms with Crippen molar-refractivity contribution in [3.05, 3.63) is 11.6 Å². The van der Waals surface area contributed by atoms with Crippen molar-refractivity contribution in [1.29, 1.82) is 0 Å². The summed E-state index contributed by atoms with van der Waals surface area (Å²) < 4.78 is 0. The van der Waals surface area contributed by atoms with Crippen LogP contribution < -0.4 is 0 Å². The molecule has 1 heterocycles. The maximum atomic E-state index is 4.27. The maximum absolute atomic E-state index is 4.27. The zero-order valence-corrected chi connectivity index (χ0v) is 6.18. The summed E-state index contributed by atoms with van der Waals surface area (Å²) in [4.78, 5) is 6.29. The number of hydrogen-bond donors (Lipinski definition) is 0. The van der Waals surface area contributed by atoms with Gasteiger partial charge in [-0.2, -0.15) is 0 Å². The molecule has 0 unspecified atom stereocenters. The fourth-order valence-electron chi connectivity index (χ4n) is 0.788. The van der Waals surface area contributed by atoms with Gasteiger partial charge in [0.15, 0.2) is 0 Å². The standard InChI is InChI=1S/C7H12N2/c1-6-4-7(8-5-6)9(2)3/h4H,5H2,1-3H3. The second-order valence-electron chi connectivity index (χ2n) is 2.56. The summed E-state index contributed by atoms with van der Waals surface area (Å²) in [5, 5.41) is 0. The average Bonchev–Trinajstić information content (AvgIpc) is 2.14. The molecule has 0 spiro atoms. The second kappa shape index (κ2) is 2.21. The summed E-state index contributed by atoms with van der Waals surface area (Å²) in [6.45, 7) is 2.98. The second-order valence-corrected chi connectivity index (χ2v) is 2.56. The third-order valence-electron chi connectivity index (χ3n) is 1.32. The van der Waals surface area contributed by atoms with Crippen molar-refractivity contribution >= 4 is 5.84 Å². The van der Waals surface area contributed by atoms with Crippen molar-refractivity contribution in [2.24, 2.45) is 4.99 Å². The summed E-state index contributed by atoms with van der Waals surface area (Å²) in [5.74, 6) is 1.09. The first-order chi connectivity index (χ1) is 4.20. The Morgan fingerprint density at radius 3 is 2.44 bits per heavy atom. The molecule has 0 amide bonds. The normalized spacial score (nSPS) is 17.2. The molecular formula is C7H12N2. The summed E-state index contributed by atoms with van der Waals surface area (Å²) >= 11 is 0. The molecule has 0 aromatic heterocycles. The van der Waals surface area contributed by atoms with Crippen LogP contribution in [-0.4, -0.2) is 31.4 Å². The van der Waals surface area contributed by atoms with E-state index in [0.29, 0.717) is 0 Å². The van der Waals surface area contributed by atoms with E-state index in [0.717, 1.165) is 12.4 Å². The van der Waals surface area contributed by atoms with Gasteiger partial charge in [-0.1, -0.05) is 0 Å². The molecule has 0 aliphatic carbocycles. The molecule has 50 valence electrons. The molecule has 0 atom stereocenters. The van der Waals surface area contributed by atoms with E-state index in [1.54, 1.807) is 0 Å². The highest BCUT2D eigenvalue weighted by atomic mass is 15.1. The van der Waals surface area contributed by atoms with Gasteiger partial charge >= 0.3 is 0 Å². The molecule has 2 heteroatoms. The van der Waals surface area contributed by atoms with E-state index in [4.69, 9.17) is 0 Å². The molecule has 0 aromatic rings. The Morgan fingerprint density at radius 2 is 2.22 bits per heavy atom. The zero-order valence-electron chi connectivity index (χ0n) is 6.18. The van der Waals surface area contributed by atoms with Crippen LogP contribution in [0, 0.1) is 0 Å². The van der Waals surface area contributed by atoms with Gasteiger partial charge in [-0.15, -0.1) is 0 Å². The number of rotatable bonds is 0. The fourth-order valence-corrected chi connectivity index (χ4v) is 0.788. The van der Waals surface area contributed by atoms with Crippen LogP contribution in [-0.2, 0) is 0 Å². The van der Waals surface area contributed by atoms with E-state index in [9.17, 15) is 0 Å². The molecule has 1 aliphatic rings. The molecule has 1 aliphatic heterocycles. The Hall–Kier alpha value is -0.790. The first-order valence-electron chi connectivity index (χ1n) is 3.09. The lowest BCUT2D eigenvalue weighted by molar-refractivity contribution is 0.626. The lowest BCUT2D eigenvalue weighted by atomic mass is 10.3. The molecule has 0 bridgehead atoms. The smallest absolute Gasteiger partial charge is 0.123 e. The van der Waals surface area contributed by atoms with Crippen LogP contribution in [0.3, 0.4) is 0 Å². The quantitative estimate of drug-likeness (QED) is 0.468. The molecule has 0 fully saturated rings. The minimum Gasteiger partial charge on any atom is -0.363 e. The van der Waals surface area contributed by atoms with Gasteiger partial charge in [-0.3, -0.25) is 4.99 Å². The summed E-state index contributed by atoms with van der Waals surface area (Å²) in [6.07, 6.45) is 2.11. The topological polar surface area (TPSA) is 15.6 Å². The van der Waals surface area contributed by atoms with E-state index in [-0.39, 0.29) is 0 Å². The van der Waals surface area contributed by atoms with Crippen molar-refractivity contribution in [2.45, 2.75) is 6.92 Å². The first-order valence-corrected chi connectivity index (χ1v) is 3.09. The Bertz CT molecular complexity index is 166. The summed E-state index contributed by atoms with van der Waals surface area (Å²) in [7, 11) is 4.02. The van der Waals surface area contributed by atoms with Crippen LogP contribution >= 0.6 is 0 Å². The minimum absolute atomic E-state index is 0.882. The Labute approximate surface area is 55.9 Å². The number of hydrogen-bond acceptors (Lipinski definition) is 2. The van der Waals surface area contributed by atoms with E-state index in [1.807, 2.05) is 19.0 Å². The Kier molecular flexibility index (Phi) is 1.56. The molecule has 9 heavy (non-hydrogen) atoms. The molecule has 0 radical (unpaired) electrons. The van der Waals surface area contributed by atoms with Gasteiger partial charge in [-0.25, -0.2) is 0 Å². The lowest BCUT2D eigenvalue weighted by Gasteiger charge is -2.08. The van der Waals surface area contributed by atoms with Crippen molar-refractivity contribution in [3.63, 3.8) is 0 Å². The highest BCUT2D eigenvalue weighted by molar-refractivity contribution is 5.95. The summed E-state index contributed by atoms with van der Waals surface area (Å²) in [6, 6.07) is 0. The monoisotopic (exact) mass is 124 g/mol. The predicted octanol–water partition coefficient (Wildman–Crippen LogP) is 0.906. The predicted molar refractivity (Wildman–Crippen MR) is 39.7 cm³/mol. The van der Waals surface area contributed by atoms with E-state index >= 15 is 0 Å². The van der Waals surface area contributed by atoms with Gasteiger partial charge in [0.1, 0.15) is 5.84 Å². The maximum Gasteiger partial charge on any atom is 0.123 e. The average molecular weight is 124 g/mol. The van der Waals surface area contributed by atoms with Crippen LogP contribution in [0.1, 0.15) is 6.92 Å². The van der Waals surface area contributed by atoms with Gasteiger partial charge in [0.05, 0.1) is 6.54 Å². The Balaban J connectivity index is 2.64. The SMILES string of the molecule is CC1=CC(N(C)C)=NC1. The van der Waals surface area contributed by atoms with Gasteiger partial charge < -0.3 is 4.90 Å². The van der Waals surface area contributed by atoms with Gasteiger partial charge in [-0.05, 0) is 18.6 Å². The van der Waals surface area contributed by atoms with Gasteiger partial charge in [0.2, 0.25) is 0 Å². The molecule has 0 N–H and O–H groups in total. The third kappa shape index (κ3) is 1.31. The Morgan fingerprint density at radius 1 is 1.56 bits per heavy atom. The van der Waals surface area contributed by atoms with Gasteiger partial charge in [0.25, 0.3) is 0 Å². The minimum atomic E-state index is 0.882. The number of amidine groups is 1. The number of aliphatic imine (C=N–C) groups is 1. The molecule has 0 aromatic carbocycles. The van der Waals surface area contributed by atoms with Crippen LogP contribution in [0.2, 0.25) is 0 Å².